The molecule has 1 heterocycles. The largest absolute Gasteiger partial charge is 0.343 e. The van der Waals surface area contributed by atoms with Gasteiger partial charge in [0.05, 0.1) is 6.04 Å². The number of hydrogen-bond acceptors (Lipinski definition) is 3. The molecular weight excluding hydrogens is 180 g/mol. The molecule has 5 heteroatoms. The molecule has 0 radical (unpaired) electrons. The zero-order valence-corrected chi connectivity index (χ0v) is 8.95. The Labute approximate surface area is 83.3 Å². The van der Waals surface area contributed by atoms with Crippen LogP contribution in [0, 0.1) is 0 Å². The molecule has 0 spiro atoms. The Kier molecular flexibility index (Phi) is 3.46. The van der Waals surface area contributed by atoms with Crippen molar-refractivity contribution in [1.82, 2.24) is 14.8 Å². The highest BCUT2D eigenvalue weighted by Gasteiger charge is 2.16. The third-order valence-electron chi connectivity index (χ3n) is 2.18. The number of H-pyrrole nitrogens is 1. The minimum atomic E-state index is -0.179. The van der Waals surface area contributed by atoms with Crippen LogP contribution in [0.4, 0.5) is 0 Å². The number of nitrogens with one attached hydrogen (secondary N) is 1. The van der Waals surface area contributed by atoms with E-state index in [1.807, 2.05) is 13.8 Å². The molecule has 1 unspecified atom stereocenters. The minimum absolute atomic E-state index is 0.0964. The third kappa shape index (κ3) is 2.04. The van der Waals surface area contributed by atoms with Crippen LogP contribution in [0.1, 0.15) is 51.5 Å². The number of aromatic nitrogens is 3. The lowest BCUT2D eigenvalue weighted by molar-refractivity contribution is 0.501. The van der Waals surface area contributed by atoms with Crippen LogP contribution in [-0.4, -0.2) is 14.8 Å². The first-order chi connectivity index (χ1) is 6.57. The third-order valence-corrected chi connectivity index (χ3v) is 2.18. The van der Waals surface area contributed by atoms with Crippen LogP contribution in [0.25, 0.3) is 0 Å². The average molecular weight is 198 g/mol. The molecule has 0 aliphatic heterocycles. The van der Waals surface area contributed by atoms with Gasteiger partial charge in [0, 0.05) is 6.04 Å². The summed E-state index contributed by atoms with van der Waals surface area (Å²) >= 11 is 0. The van der Waals surface area contributed by atoms with Crippen LogP contribution in [-0.2, 0) is 0 Å². The zero-order chi connectivity index (χ0) is 10.7. The van der Waals surface area contributed by atoms with E-state index in [0.29, 0.717) is 5.82 Å². The van der Waals surface area contributed by atoms with Gasteiger partial charge in [-0.15, -0.1) is 0 Å². The Morgan fingerprint density at radius 2 is 2.21 bits per heavy atom. The highest BCUT2D eigenvalue weighted by molar-refractivity contribution is 4.95. The second-order valence-electron chi connectivity index (χ2n) is 3.75. The molecule has 1 atom stereocenters. The van der Waals surface area contributed by atoms with E-state index in [-0.39, 0.29) is 17.8 Å². The first kappa shape index (κ1) is 11.0. The van der Waals surface area contributed by atoms with E-state index < -0.39 is 0 Å². The molecule has 0 saturated heterocycles. The van der Waals surface area contributed by atoms with Gasteiger partial charge in [-0.2, -0.15) is 5.10 Å². The molecule has 0 amide bonds. The maximum Gasteiger partial charge on any atom is 0.343 e. The molecule has 3 N–H and O–H groups in total. The second kappa shape index (κ2) is 4.41. The lowest BCUT2D eigenvalue weighted by Gasteiger charge is -2.13. The number of nitrogens with zero attached hydrogens (tertiary/aromatic N) is 2. The maximum atomic E-state index is 11.4. The van der Waals surface area contributed by atoms with Crippen molar-refractivity contribution in [3.8, 4) is 0 Å². The lowest BCUT2D eigenvalue weighted by atomic mass is 10.1. The fourth-order valence-corrected chi connectivity index (χ4v) is 1.52. The number of aromatic amines is 1. The molecule has 14 heavy (non-hydrogen) atoms. The van der Waals surface area contributed by atoms with E-state index in [9.17, 15) is 4.79 Å². The standard InChI is InChI=1S/C9H18N4O/c1-4-5-7(10)8-11-12-9(14)13(8)6(2)3/h6-7H,4-5,10H2,1-3H3,(H,12,14). The van der Waals surface area contributed by atoms with Crippen LogP contribution in [0.3, 0.4) is 0 Å². The summed E-state index contributed by atoms with van der Waals surface area (Å²) in [4.78, 5) is 11.4. The van der Waals surface area contributed by atoms with Gasteiger partial charge in [-0.25, -0.2) is 9.89 Å². The summed E-state index contributed by atoms with van der Waals surface area (Å²) in [5.41, 5.74) is 5.74. The molecule has 0 aliphatic rings. The Balaban J connectivity index is 3.02. The highest BCUT2D eigenvalue weighted by atomic mass is 16.1. The van der Waals surface area contributed by atoms with E-state index in [4.69, 9.17) is 5.73 Å². The van der Waals surface area contributed by atoms with Gasteiger partial charge in [0.15, 0.2) is 5.82 Å². The van der Waals surface area contributed by atoms with Crippen LogP contribution in [0.5, 0.6) is 0 Å². The minimum Gasteiger partial charge on any atom is -0.321 e. The molecule has 1 aromatic heterocycles. The van der Waals surface area contributed by atoms with Gasteiger partial charge in [0.1, 0.15) is 0 Å². The Morgan fingerprint density at radius 3 is 2.71 bits per heavy atom. The van der Waals surface area contributed by atoms with E-state index in [0.717, 1.165) is 12.8 Å². The second-order valence-corrected chi connectivity index (χ2v) is 3.75. The first-order valence-electron chi connectivity index (χ1n) is 5.00. The van der Waals surface area contributed by atoms with Crippen molar-refractivity contribution in [2.45, 2.75) is 45.7 Å². The molecule has 0 aromatic carbocycles. The summed E-state index contributed by atoms with van der Waals surface area (Å²) in [7, 11) is 0. The summed E-state index contributed by atoms with van der Waals surface area (Å²) in [6.45, 7) is 5.95. The summed E-state index contributed by atoms with van der Waals surface area (Å²) in [6.07, 6.45) is 1.83. The van der Waals surface area contributed by atoms with Crippen molar-refractivity contribution in [1.29, 1.82) is 0 Å². The van der Waals surface area contributed by atoms with Gasteiger partial charge in [0.25, 0.3) is 0 Å². The quantitative estimate of drug-likeness (QED) is 0.756. The normalized spacial score (nSPS) is 13.5. The Morgan fingerprint density at radius 1 is 1.57 bits per heavy atom. The average Bonchev–Trinajstić information content (AvgIpc) is 2.47. The van der Waals surface area contributed by atoms with Gasteiger partial charge in [-0.1, -0.05) is 13.3 Å². The summed E-state index contributed by atoms with van der Waals surface area (Å²) < 4.78 is 1.61. The monoisotopic (exact) mass is 198 g/mol. The summed E-state index contributed by atoms with van der Waals surface area (Å²) in [6, 6.07) is -0.0551. The Hall–Kier alpha value is -1.10. The van der Waals surface area contributed by atoms with Crippen molar-refractivity contribution in [3.05, 3.63) is 16.3 Å². The fourth-order valence-electron chi connectivity index (χ4n) is 1.52. The summed E-state index contributed by atoms with van der Waals surface area (Å²) in [5, 5.41) is 6.39. The molecule has 0 aliphatic carbocycles. The molecule has 1 rings (SSSR count). The smallest absolute Gasteiger partial charge is 0.321 e. The van der Waals surface area contributed by atoms with Gasteiger partial charge >= 0.3 is 5.69 Å². The van der Waals surface area contributed by atoms with E-state index in [1.165, 1.54) is 0 Å². The van der Waals surface area contributed by atoms with Gasteiger partial charge in [0.2, 0.25) is 0 Å². The van der Waals surface area contributed by atoms with Crippen molar-refractivity contribution in [2.75, 3.05) is 0 Å². The molecule has 1 aromatic rings. The zero-order valence-electron chi connectivity index (χ0n) is 8.95. The van der Waals surface area contributed by atoms with E-state index in [1.54, 1.807) is 4.57 Å². The molecule has 0 saturated carbocycles. The van der Waals surface area contributed by atoms with Crippen molar-refractivity contribution in [3.63, 3.8) is 0 Å². The van der Waals surface area contributed by atoms with Gasteiger partial charge in [-0.05, 0) is 20.3 Å². The van der Waals surface area contributed by atoms with Crippen molar-refractivity contribution >= 4 is 0 Å². The first-order valence-corrected chi connectivity index (χ1v) is 5.00. The Bertz CT molecular complexity index is 339. The maximum absolute atomic E-state index is 11.4. The van der Waals surface area contributed by atoms with Gasteiger partial charge < -0.3 is 5.73 Å². The van der Waals surface area contributed by atoms with Crippen LogP contribution < -0.4 is 11.4 Å². The van der Waals surface area contributed by atoms with E-state index in [2.05, 4.69) is 17.1 Å². The molecule has 80 valence electrons. The number of nitrogens with two attached hydrogens (primary N) is 1. The SMILES string of the molecule is CCCC(N)c1n[nH]c(=O)n1C(C)C. The lowest BCUT2D eigenvalue weighted by Crippen LogP contribution is -2.24. The predicted molar refractivity (Wildman–Crippen MR) is 55.1 cm³/mol. The highest BCUT2D eigenvalue weighted by Crippen LogP contribution is 2.14. The van der Waals surface area contributed by atoms with Crippen LogP contribution in [0.15, 0.2) is 4.79 Å². The van der Waals surface area contributed by atoms with Gasteiger partial charge in [-0.3, -0.25) is 4.57 Å². The number of rotatable bonds is 4. The predicted octanol–water partition coefficient (Wildman–Crippen LogP) is 0.952. The topological polar surface area (TPSA) is 76.7 Å². The molecule has 5 nitrogen and oxygen atoms in total. The van der Waals surface area contributed by atoms with Crippen LogP contribution in [0.2, 0.25) is 0 Å². The van der Waals surface area contributed by atoms with Crippen molar-refractivity contribution < 1.29 is 0 Å². The molecule has 0 fully saturated rings. The van der Waals surface area contributed by atoms with E-state index >= 15 is 0 Å². The number of hydrogen-bond donors (Lipinski definition) is 2. The molecular formula is C9H18N4O. The van der Waals surface area contributed by atoms with Crippen LogP contribution >= 0.6 is 0 Å². The fraction of sp³-hybridized carbons (Fsp3) is 0.778. The summed E-state index contributed by atoms with van der Waals surface area (Å²) in [5.74, 6) is 0.659. The van der Waals surface area contributed by atoms with Crippen molar-refractivity contribution in [2.24, 2.45) is 5.73 Å². The molecule has 0 bridgehead atoms.